The van der Waals surface area contributed by atoms with E-state index in [1.54, 1.807) is 6.26 Å². The minimum Gasteiger partial charge on any atom is -0.469 e. The number of nitrogens with one attached hydrogen (secondary N) is 1. The Morgan fingerprint density at radius 1 is 1.05 bits per heavy atom. The van der Waals surface area contributed by atoms with E-state index in [9.17, 15) is 0 Å². The van der Waals surface area contributed by atoms with Gasteiger partial charge in [-0.25, -0.2) is 0 Å². The van der Waals surface area contributed by atoms with Gasteiger partial charge in [-0.1, -0.05) is 56.5 Å². The van der Waals surface area contributed by atoms with Crippen LogP contribution in [0.4, 0.5) is 0 Å². The monoisotopic (exact) mass is 285 g/mol. The van der Waals surface area contributed by atoms with Crippen LogP contribution in [-0.2, 0) is 6.42 Å². The maximum Gasteiger partial charge on any atom is 0.105 e. The molecule has 0 saturated heterocycles. The van der Waals surface area contributed by atoms with E-state index in [2.05, 4.69) is 49.5 Å². The molecule has 0 aliphatic rings. The van der Waals surface area contributed by atoms with Crippen LogP contribution in [-0.4, -0.2) is 6.04 Å². The number of unbranched alkanes of at least 4 members (excludes halogenated alkanes) is 2. The Bertz CT molecular complexity index is 478. The van der Waals surface area contributed by atoms with Crippen molar-refractivity contribution in [2.24, 2.45) is 0 Å². The number of furan rings is 1. The van der Waals surface area contributed by atoms with Crippen molar-refractivity contribution in [3.63, 3.8) is 0 Å². The molecule has 2 heteroatoms. The molecular weight excluding hydrogens is 258 g/mol. The van der Waals surface area contributed by atoms with Crippen molar-refractivity contribution in [3.05, 3.63) is 60.1 Å². The average Bonchev–Trinajstić information content (AvgIpc) is 3.00. The molecule has 0 aliphatic heterocycles. The van der Waals surface area contributed by atoms with Crippen molar-refractivity contribution in [2.45, 2.75) is 58.0 Å². The van der Waals surface area contributed by atoms with Crippen LogP contribution in [0.3, 0.4) is 0 Å². The van der Waals surface area contributed by atoms with Crippen LogP contribution < -0.4 is 5.32 Å². The third-order valence-corrected chi connectivity index (χ3v) is 3.87. The van der Waals surface area contributed by atoms with Crippen LogP contribution in [0.25, 0.3) is 0 Å². The molecule has 1 N–H and O–H groups in total. The van der Waals surface area contributed by atoms with Crippen molar-refractivity contribution in [2.75, 3.05) is 0 Å². The maximum absolute atomic E-state index is 5.45. The molecule has 0 spiro atoms. The zero-order chi connectivity index (χ0) is 14.9. The molecule has 2 nitrogen and oxygen atoms in total. The predicted octanol–water partition coefficient (Wildman–Crippen LogP) is 5.12. The van der Waals surface area contributed by atoms with Gasteiger partial charge < -0.3 is 9.73 Å². The van der Waals surface area contributed by atoms with Gasteiger partial charge >= 0.3 is 0 Å². The molecule has 0 saturated carbocycles. The summed E-state index contributed by atoms with van der Waals surface area (Å²) in [5.74, 6) is 1.05. The van der Waals surface area contributed by atoms with Crippen LogP contribution in [0.2, 0.25) is 0 Å². The van der Waals surface area contributed by atoms with Crippen molar-refractivity contribution in [3.8, 4) is 0 Å². The molecular formula is C19H27NO. The molecule has 0 fully saturated rings. The van der Waals surface area contributed by atoms with Gasteiger partial charge in [-0.2, -0.15) is 0 Å². The Labute approximate surface area is 128 Å². The third-order valence-electron chi connectivity index (χ3n) is 3.87. The Morgan fingerprint density at radius 2 is 1.86 bits per heavy atom. The molecule has 2 rings (SSSR count). The zero-order valence-corrected chi connectivity index (χ0v) is 13.2. The number of hydrogen-bond acceptors (Lipinski definition) is 2. The van der Waals surface area contributed by atoms with Crippen LogP contribution in [0.1, 0.15) is 56.9 Å². The van der Waals surface area contributed by atoms with Crippen LogP contribution >= 0.6 is 0 Å². The highest BCUT2D eigenvalue weighted by atomic mass is 16.3. The van der Waals surface area contributed by atoms with E-state index in [0.29, 0.717) is 12.1 Å². The fraction of sp³-hybridized carbons (Fsp3) is 0.474. The highest BCUT2D eigenvalue weighted by Gasteiger charge is 2.14. The van der Waals surface area contributed by atoms with Gasteiger partial charge in [-0.05, 0) is 31.0 Å². The lowest BCUT2D eigenvalue weighted by atomic mass is 9.99. The first-order valence-corrected chi connectivity index (χ1v) is 8.13. The highest BCUT2D eigenvalue weighted by Crippen LogP contribution is 2.21. The lowest BCUT2D eigenvalue weighted by molar-refractivity contribution is 0.395. The topological polar surface area (TPSA) is 25.2 Å². The van der Waals surface area contributed by atoms with E-state index < -0.39 is 0 Å². The molecule has 1 aromatic heterocycles. The second kappa shape index (κ2) is 8.68. The minimum absolute atomic E-state index is 0.406. The van der Waals surface area contributed by atoms with Crippen LogP contribution in [0, 0.1) is 0 Å². The Balaban J connectivity index is 1.94. The van der Waals surface area contributed by atoms with Gasteiger partial charge in [0.2, 0.25) is 0 Å². The lowest BCUT2D eigenvalue weighted by Crippen LogP contribution is -2.32. The van der Waals surface area contributed by atoms with Crippen LogP contribution in [0.15, 0.2) is 53.1 Å². The minimum atomic E-state index is 0.406. The first kappa shape index (κ1) is 15.8. The lowest BCUT2D eigenvalue weighted by Gasteiger charge is -2.23. The summed E-state index contributed by atoms with van der Waals surface area (Å²) in [5, 5.41) is 3.77. The van der Waals surface area contributed by atoms with Gasteiger partial charge in [0.05, 0.1) is 6.26 Å². The SMILES string of the molecule is CCCCCC(NC(C)Cc1ccco1)c1ccccc1. The summed E-state index contributed by atoms with van der Waals surface area (Å²) in [7, 11) is 0. The van der Waals surface area contributed by atoms with Crippen molar-refractivity contribution in [1.29, 1.82) is 0 Å². The van der Waals surface area contributed by atoms with Crippen LogP contribution in [0.5, 0.6) is 0 Å². The van der Waals surface area contributed by atoms with E-state index in [1.165, 1.54) is 31.2 Å². The highest BCUT2D eigenvalue weighted by molar-refractivity contribution is 5.19. The molecule has 21 heavy (non-hydrogen) atoms. The molecule has 0 aliphatic carbocycles. The van der Waals surface area contributed by atoms with Crippen molar-refractivity contribution >= 4 is 0 Å². The second-order valence-corrected chi connectivity index (χ2v) is 5.81. The smallest absolute Gasteiger partial charge is 0.105 e. The number of hydrogen-bond donors (Lipinski definition) is 1. The fourth-order valence-corrected chi connectivity index (χ4v) is 2.76. The fourth-order valence-electron chi connectivity index (χ4n) is 2.76. The summed E-state index contributed by atoms with van der Waals surface area (Å²) < 4.78 is 5.45. The quantitative estimate of drug-likeness (QED) is 0.647. The first-order valence-electron chi connectivity index (χ1n) is 8.13. The zero-order valence-electron chi connectivity index (χ0n) is 13.2. The normalized spacial score (nSPS) is 14.0. The summed E-state index contributed by atoms with van der Waals surface area (Å²) in [6.07, 6.45) is 7.72. The van der Waals surface area contributed by atoms with Gasteiger partial charge in [0, 0.05) is 18.5 Å². The van der Waals surface area contributed by atoms with E-state index in [4.69, 9.17) is 4.42 Å². The Hall–Kier alpha value is -1.54. The number of benzene rings is 1. The molecule has 0 bridgehead atoms. The molecule has 2 unspecified atom stereocenters. The second-order valence-electron chi connectivity index (χ2n) is 5.81. The summed E-state index contributed by atoms with van der Waals surface area (Å²) in [5.41, 5.74) is 1.39. The van der Waals surface area contributed by atoms with Gasteiger partial charge in [-0.15, -0.1) is 0 Å². The Morgan fingerprint density at radius 3 is 2.52 bits per heavy atom. The predicted molar refractivity (Wildman–Crippen MR) is 88.3 cm³/mol. The largest absolute Gasteiger partial charge is 0.469 e. The maximum atomic E-state index is 5.45. The summed E-state index contributed by atoms with van der Waals surface area (Å²) >= 11 is 0. The van der Waals surface area contributed by atoms with Gasteiger partial charge in [0.1, 0.15) is 5.76 Å². The summed E-state index contributed by atoms with van der Waals surface area (Å²) in [6, 6.07) is 15.6. The van der Waals surface area contributed by atoms with E-state index in [0.717, 1.165) is 12.2 Å². The van der Waals surface area contributed by atoms with E-state index in [-0.39, 0.29) is 0 Å². The average molecular weight is 285 g/mol. The van der Waals surface area contributed by atoms with Crippen molar-refractivity contribution < 1.29 is 4.42 Å². The molecule has 0 radical (unpaired) electrons. The molecule has 1 aromatic carbocycles. The molecule has 2 aromatic rings. The standard InChI is InChI=1S/C19H27NO/c1-3-4-6-13-19(17-10-7-5-8-11-17)20-16(2)15-18-12-9-14-21-18/h5,7-12,14,16,19-20H,3-4,6,13,15H2,1-2H3. The number of rotatable bonds is 9. The summed E-state index contributed by atoms with van der Waals surface area (Å²) in [6.45, 7) is 4.49. The van der Waals surface area contributed by atoms with Gasteiger partial charge in [-0.3, -0.25) is 0 Å². The van der Waals surface area contributed by atoms with Crippen molar-refractivity contribution in [1.82, 2.24) is 5.32 Å². The van der Waals surface area contributed by atoms with E-state index in [1.807, 2.05) is 12.1 Å². The molecule has 114 valence electrons. The molecule has 0 amide bonds. The molecule has 1 heterocycles. The summed E-state index contributed by atoms with van der Waals surface area (Å²) in [4.78, 5) is 0. The Kier molecular flexibility index (Phi) is 6.55. The van der Waals surface area contributed by atoms with Gasteiger partial charge in [0.25, 0.3) is 0 Å². The first-order chi connectivity index (χ1) is 10.3. The molecule has 2 atom stereocenters. The van der Waals surface area contributed by atoms with Gasteiger partial charge in [0.15, 0.2) is 0 Å². The van der Waals surface area contributed by atoms with E-state index >= 15 is 0 Å². The third kappa shape index (κ3) is 5.39.